The lowest BCUT2D eigenvalue weighted by Gasteiger charge is -2.27. The lowest BCUT2D eigenvalue weighted by molar-refractivity contribution is 0.112. The van der Waals surface area contributed by atoms with Crippen molar-refractivity contribution >= 4 is 23.7 Å². The van der Waals surface area contributed by atoms with Crippen LogP contribution in [0.4, 0.5) is 17.5 Å². The van der Waals surface area contributed by atoms with Crippen LogP contribution in [0, 0.1) is 6.92 Å². The van der Waals surface area contributed by atoms with Gasteiger partial charge in [0.15, 0.2) is 6.29 Å². The Balaban J connectivity index is 1.74. The molecule has 0 saturated carbocycles. The average Bonchev–Trinajstić information content (AvgIpc) is 3.21. The number of hydrogen-bond acceptors (Lipinski definition) is 9. The predicted octanol–water partition coefficient (Wildman–Crippen LogP) is 3.04. The number of carbonyl (C=O) groups is 1. The van der Waals surface area contributed by atoms with Crippen molar-refractivity contribution < 1.29 is 9.21 Å². The number of aryl methyl sites for hydroxylation is 1. The summed E-state index contributed by atoms with van der Waals surface area (Å²) in [4.78, 5) is 24.4. The van der Waals surface area contributed by atoms with Gasteiger partial charge in [0.25, 0.3) is 0 Å². The number of aldehydes is 1. The molecule has 0 spiro atoms. The SMILES string of the molecule is CCNc1ncc(C=O)c(N(CC)CCN(C)c2cccc(-c3nnc(C)o3)c2)n1. The number of carbonyl (C=O) groups excluding carboxylic acids is 1. The van der Waals surface area contributed by atoms with E-state index < -0.39 is 0 Å². The molecule has 0 aliphatic heterocycles. The first-order valence-corrected chi connectivity index (χ1v) is 9.98. The van der Waals surface area contributed by atoms with Gasteiger partial charge in [-0.2, -0.15) is 4.98 Å². The molecule has 0 fully saturated rings. The summed E-state index contributed by atoms with van der Waals surface area (Å²) in [6.07, 6.45) is 2.36. The largest absolute Gasteiger partial charge is 0.421 e. The third kappa shape index (κ3) is 4.91. The molecule has 30 heavy (non-hydrogen) atoms. The average molecular weight is 409 g/mol. The van der Waals surface area contributed by atoms with Crippen molar-refractivity contribution in [2.45, 2.75) is 20.8 Å². The molecule has 0 unspecified atom stereocenters. The van der Waals surface area contributed by atoms with Crippen LogP contribution in [0.15, 0.2) is 34.9 Å². The van der Waals surface area contributed by atoms with E-state index in [0.29, 0.717) is 42.2 Å². The van der Waals surface area contributed by atoms with Gasteiger partial charge in [-0.05, 0) is 32.0 Å². The monoisotopic (exact) mass is 409 g/mol. The molecular formula is C21H27N7O2. The molecule has 2 aromatic heterocycles. The van der Waals surface area contributed by atoms with Crippen molar-refractivity contribution in [3.8, 4) is 11.5 Å². The summed E-state index contributed by atoms with van der Waals surface area (Å²) in [5, 5.41) is 11.1. The molecule has 1 N–H and O–H groups in total. The zero-order chi connectivity index (χ0) is 21.5. The van der Waals surface area contributed by atoms with E-state index in [0.717, 1.165) is 30.6 Å². The third-order valence-electron chi connectivity index (χ3n) is 4.70. The van der Waals surface area contributed by atoms with Crippen LogP contribution in [0.2, 0.25) is 0 Å². The first-order valence-electron chi connectivity index (χ1n) is 9.98. The maximum atomic E-state index is 11.5. The molecule has 0 bridgehead atoms. The summed E-state index contributed by atoms with van der Waals surface area (Å²) in [7, 11) is 2.02. The summed E-state index contributed by atoms with van der Waals surface area (Å²) in [5.74, 6) is 2.20. The maximum absolute atomic E-state index is 11.5. The Morgan fingerprint density at radius 3 is 2.70 bits per heavy atom. The van der Waals surface area contributed by atoms with Crippen molar-refractivity contribution in [2.24, 2.45) is 0 Å². The van der Waals surface area contributed by atoms with Gasteiger partial charge in [0.2, 0.25) is 17.7 Å². The van der Waals surface area contributed by atoms with Gasteiger partial charge in [-0.25, -0.2) is 4.98 Å². The normalized spacial score (nSPS) is 10.7. The Morgan fingerprint density at radius 1 is 1.20 bits per heavy atom. The summed E-state index contributed by atoms with van der Waals surface area (Å²) in [6.45, 7) is 8.66. The Labute approximate surface area is 176 Å². The summed E-state index contributed by atoms with van der Waals surface area (Å²) in [6, 6.07) is 7.97. The fourth-order valence-electron chi connectivity index (χ4n) is 3.07. The van der Waals surface area contributed by atoms with Gasteiger partial charge in [0, 0.05) is 57.6 Å². The predicted molar refractivity (Wildman–Crippen MR) is 117 cm³/mol. The second-order valence-corrected chi connectivity index (χ2v) is 6.80. The molecule has 3 rings (SSSR count). The van der Waals surface area contributed by atoms with Crippen molar-refractivity contribution in [3.05, 3.63) is 41.9 Å². The fraction of sp³-hybridized carbons (Fsp3) is 0.381. The van der Waals surface area contributed by atoms with Gasteiger partial charge < -0.3 is 19.5 Å². The van der Waals surface area contributed by atoms with Crippen molar-refractivity contribution in [1.82, 2.24) is 20.2 Å². The van der Waals surface area contributed by atoms with Crippen LogP contribution in [-0.4, -0.2) is 59.7 Å². The van der Waals surface area contributed by atoms with E-state index in [1.807, 2.05) is 45.2 Å². The maximum Gasteiger partial charge on any atom is 0.247 e. The smallest absolute Gasteiger partial charge is 0.247 e. The molecule has 0 aliphatic rings. The highest BCUT2D eigenvalue weighted by molar-refractivity contribution is 5.82. The topological polar surface area (TPSA) is 100 Å². The standard InChI is InChI=1S/C21H27N7O2/c1-5-22-21-23-13-17(14-29)19(24-21)28(6-2)11-10-27(4)18-9-7-8-16(12-18)20-26-25-15(3)30-20/h7-9,12-14H,5-6,10-11H2,1-4H3,(H,22,23,24). The van der Waals surface area contributed by atoms with Crippen LogP contribution in [0.25, 0.3) is 11.5 Å². The number of nitrogens with zero attached hydrogens (tertiary/aromatic N) is 6. The van der Waals surface area contributed by atoms with E-state index in [1.165, 1.54) is 0 Å². The summed E-state index contributed by atoms with van der Waals surface area (Å²) >= 11 is 0. The molecule has 9 heteroatoms. The van der Waals surface area contributed by atoms with Crippen LogP contribution < -0.4 is 15.1 Å². The van der Waals surface area contributed by atoms with Crippen molar-refractivity contribution in [1.29, 1.82) is 0 Å². The zero-order valence-electron chi connectivity index (χ0n) is 17.8. The number of benzene rings is 1. The van der Waals surface area contributed by atoms with E-state index in [2.05, 4.69) is 35.3 Å². The van der Waals surface area contributed by atoms with Gasteiger partial charge in [-0.1, -0.05) is 6.07 Å². The highest BCUT2D eigenvalue weighted by atomic mass is 16.4. The number of rotatable bonds is 10. The van der Waals surface area contributed by atoms with E-state index >= 15 is 0 Å². The number of nitrogens with one attached hydrogen (secondary N) is 1. The number of likely N-dealkylation sites (N-methyl/N-ethyl adjacent to an activating group) is 2. The van der Waals surface area contributed by atoms with E-state index in [1.54, 1.807) is 13.1 Å². The molecule has 0 saturated heterocycles. The Kier molecular flexibility index (Phi) is 6.95. The van der Waals surface area contributed by atoms with Gasteiger partial charge in [0.1, 0.15) is 5.82 Å². The fourth-order valence-corrected chi connectivity index (χ4v) is 3.07. The summed E-state index contributed by atoms with van der Waals surface area (Å²) < 4.78 is 5.53. The first-order chi connectivity index (χ1) is 14.5. The van der Waals surface area contributed by atoms with Crippen LogP contribution >= 0.6 is 0 Å². The quantitative estimate of drug-likeness (QED) is 0.506. The molecular weight excluding hydrogens is 382 g/mol. The molecule has 3 aromatic rings. The van der Waals surface area contributed by atoms with Crippen molar-refractivity contribution in [3.63, 3.8) is 0 Å². The molecule has 2 heterocycles. The Hall–Kier alpha value is -3.49. The Morgan fingerprint density at radius 2 is 2.03 bits per heavy atom. The highest BCUT2D eigenvalue weighted by Crippen LogP contribution is 2.24. The van der Waals surface area contributed by atoms with E-state index in [9.17, 15) is 4.79 Å². The molecule has 0 amide bonds. The minimum Gasteiger partial charge on any atom is -0.421 e. The summed E-state index contributed by atoms with van der Waals surface area (Å²) in [5.41, 5.74) is 2.39. The molecule has 9 nitrogen and oxygen atoms in total. The van der Waals surface area contributed by atoms with Crippen LogP contribution in [0.5, 0.6) is 0 Å². The second kappa shape index (κ2) is 9.82. The highest BCUT2D eigenvalue weighted by Gasteiger charge is 2.15. The third-order valence-corrected chi connectivity index (χ3v) is 4.70. The van der Waals surface area contributed by atoms with Crippen LogP contribution in [-0.2, 0) is 0 Å². The van der Waals surface area contributed by atoms with Gasteiger partial charge in [-0.3, -0.25) is 4.79 Å². The molecule has 0 radical (unpaired) electrons. The number of aromatic nitrogens is 4. The van der Waals surface area contributed by atoms with Gasteiger partial charge in [0.05, 0.1) is 5.56 Å². The van der Waals surface area contributed by atoms with Crippen LogP contribution in [0.1, 0.15) is 30.1 Å². The van der Waals surface area contributed by atoms with Gasteiger partial charge in [-0.15, -0.1) is 10.2 Å². The Bertz CT molecular complexity index is 989. The second-order valence-electron chi connectivity index (χ2n) is 6.80. The van der Waals surface area contributed by atoms with Crippen LogP contribution in [0.3, 0.4) is 0 Å². The molecule has 158 valence electrons. The number of anilines is 3. The minimum absolute atomic E-state index is 0.481. The lowest BCUT2D eigenvalue weighted by Crippen LogP contribution is -2.34. The molecule has 0 atom stereocenters. The molecule has 0 aliphatic carbocycles. The minimum atomic E-state index is 0.481. The van der Waals surface area contributed by atoms with E-state index in [4.69, 9.17) is 4.42 Å². The number of hydrogen-bond donors (Lipinski definition) is 1. The molecule has 1 aromatic carbocycles. The zero-order valence-corrected chi connectivity index (χ0v) is 17.8. The van der Waals surface area contributed by atoms with E-state index in [-0.39, 0.29) is 0 Å². The van der Waals surface area contributed by atoms with Gasteiger partial charge >= 0.3 is 0 Å². The lowest BCUT2D eigenvalue weighted by atomic mass is 10.2. The first kappa shape index (κ1) is 21.2. The van der Waals surface area contributed by atoms with Crippen molar-refractivity contribution in [2.75, 3.05) is 48.3 Å².